The van der Waals surface area contributed by atoms with Gasteiger partial charge in [-0.2, -0.15) is 0 Å². The van der Waals surface area contributed by atoms with Gasteiger partial charge in [-0.05, 0) is 19.1 Å². The van der Waals surface area contributed by atoms with Crippen molar-refractivity contribution in [2.45, 2.75) is 19.8 Å². The maximum absolute atomic E-state index is 12.0. The predicted octanol–water partition coefficient (Wildman–Crippen LogP) is 0.498. The van der Waals surface area contributed by atoms with Gasteiger partial charge in [-0.25, -0.2) is 4.98 Å². The van der Waals surface area contributed by atoms with Crippen molar-refractivity contribution in [2.24, 2.45) is 0 Å². The summed E-state index contributed by atoms with van der Waals surface area (Å²) >= 11 is 0. The van der Waals surface area contributed by atoms with E-state index in [1.807, 2.05) is 0 Å². The summed E-state index contributed by atoms with van der Waals surface area (Å²) in [5.74, 6) is 4.78. The number of nitrogens with one attached hydrogen (secondary N) is 1. The summed E-state index contributed by atoms with van der Waals surface area (Å²) in [6.07, 6.45) is 1.94. The molecule has 0 unspecified atom stereocenters. The molecule has 112 valence electrons. The zero-order chi connectivity index (χ0) is 15.5. The molecule has 21 heavy (non-hydrogen) atoms. The van der Waals surface area contributed by atoms with Crippen LogP contribution in [0.4, 0.5) is 0 Å². The number of aliphatic hydroxyl groups excluding tert-OH is 1. The van der Waals surface area contributed by atoms with E-state index in [0.29, 0.717) is 18.6 Å². The standard InChI is InChI=1S/C15H18N2O4/c1-2-21-13(19)8-10-17-15(20)14-12(6-3-4-11-18)7-5-9-16-14/h5,7,9,18H,2,4,8,10-11H2,1H3,(H,17,20). The average molecular weight is 290 g/mol. The molecule has 1 aromatic heterocycles. The van der Waals surface area contributed by atoms with Crippen LogP contribution in [0.1, 0.15) is 35.8 Å². The minimum absolute atomic E-state index is 0.0334. The van der Waals surface area contributed by atoms with Crippen LogP contribution in [0.25, 0.3) is 0 Å². The van der Waals surface area contributed by atoms with Crippen LogP contribution in [0, 0.1) is 11.8 Å². The third-order valence-electron chi connectivity index (χ3n) is 2.40. The van der Waals surface area contributed by atoms with Gasteiger partial charge in [-0.15, -0.1) is 0 Å². The summed E-state index contributed by atoms with van der Waals surface area (Å²) in [5.41, 5.74) is 0.686. The van der Waals surface area contributed by atoms with Gasteiger partial charge in [0.15, 0.2) is 0 Å². The van der Waals surface area contributed by atoms with Crippen LogP contribution in [-0.2, 0) is 9.53 Å². The van der Waals surface area contributed by atoms with E-state index in [4.69, 9.17) is 9.84 Å². The van der Waals surface area contributed by atoms with E-state index in [2.05, 4.69) is 22.1 Å². The fourth-order valence-corrected chi connectivity index (χ4v) is 1.50. The van der Waals surface area contributed by atoms with Crippen molar-refractivity contribution in [1.29, 1.82) is 0 Å². The lowest BCUT2D eigenvalue weighted by atomic mass is 10.2. The van der Waals surface area contributed by atoms with Crippen molar-refractivity contribution in [1.82, 2.24) is 10.3 Å². The van der Waals surface area contributed by atoms with E-state index in [0.717, 1.165) is 0 Å². The first-order chi connectivity index (χ1) is 10.2. The highest BCUT2D eigenvalue weighted by molar-refractivity contribution is 5.94. The molecule has 1 rings (SSSR count). The third-order valence-corrected chi connectivity index (χ3v) is 2.40. The highest BCUT2D eigenvalue weighted by Crippen LogP contribution is 2.03. The number of hydrogen-bond donors (Lipinski definition) is 2. The molecule has 0 aliphatic heterocycles. The number of rotatable bonds is 6. The Kier molecular flexibility index (Phi) is 7.54. The van der Waals surface area contributed by atoms with E-state index in [9.17, 15) is 9.59 Å². The molecular formula is C15H18N2O4. The first-order valence-corrected chi connectivity index (χ1v) is 6.67. The number of carbonyl (C=O) groups is 2. The van der Waals surface area contributed by atoms with Crippen LogP contribution in [0.5, 0.6) is 0 Å². The van der Waals surface area contributed by atoms with Crippen LogP contribution in [0.3, 0.4) is 0 Å². The second-order valence-corrected chi connectivity index (χ2v) is 3.99. The molecule has 1 aromatic rings. The van der Waals surface area contributed by atoms with Crippen LogP contribution >= 0.6 is 0 Å². The molecule has 2 N–H and O–H groups in total. The summed E-state index contributed by atoms with van der Waals surface area (Å²) < 4.78 is 4.77. The van der Waals surface area contributed by atoms with Gasteiger partial charge in [0, 0.05) is 19.2 Å². The molecule has 1 amide bonds. The minimum atomic E-state index is -0.395. The Morgan fingerprint density at radius 2 is 2.29 bits per heavy atom. The first kappa shape index (κ1) is 16.7. The monoisotopic (exact) mass is 290 g/mol. The Bertz CT molecular complexity index is 546. The molecule has 0 fully saturated rings. The number of nitrogens with zero attached hydrogens (tertiary/aromatic N) is 1. The van der Waals surface area contributed by atoms with Gasteiger partial charge in [-0.1, -0.05) is 11.8 Å². The fourth-order valence-electron chi connectivity index (χ4n) is 1.50. The molecule has 6 heteroatoms. The number of esters is 1. The Hall–Kier alpha value is -2.39. The normalized spacial score (nSPS) is 9.43. The van der Waals surface area contributed by atoms with Crippen LogP contribution in [0.2, 0.25) is 0 Å². The number of aromatic nitrogens is 1. The summed E-state index contributed by atoms with van der Waals surface area (Å²) in [5, 5.41) is 11.3. The molecule has 0 atom stereocenters. The van der Waals surface area contributed by atoms with Crippen molar-refractivity contribution < 1.29 is 19.4 Å². The van der Waals surface area contributed by atoms with E-state index in [1.54, 1.807) is 19.1 Å². The Morgan fingerprint density at radius 1 is 1.48 bits per heavy atom. The van der Waals surface area contributed by atoms with Gasteiger partial charge in [0.1, 0.15) is 5.69 Å². The number of amides is 1. The van der Waals surface area contributed by atoms with E-state index < -0.39 is 5.91 Å². The van der Waals surface area contributed by atoms with E-state index in [1.165, 1.54) is 6.20 Å². The molecule has 0 aliphatic carbocycles. The molecule has 0 radical (unpaired) electrons. The zero-order valence-corrected chi connectivity index (χ0v) is 11.9. The van der Waals surface area contributed by atoms with Gasteiger partial charge in [0.05, 0.1) is 25.2 Å². The number of aliphatic hydroxyl groups is 1. The predicted molar refractivity (Wildman–Crippen MR) is 76.4 cm³/mol. The summed E-state index contributed by atoms with van der Waals surface area (Å²) in [4.78, 5) is 27.2. The maximum Gasteiger partial charge on any atom is 0.307 e. The Balaban J connectivity index is 2.62. The molecule has 1 heterocycles. The number of carbonyl (C=O) groups excluding carboxylic acids is 2. The average Bonchev–Trinajstić information content (AvgIpc) is 2.48. The summed E-state index contributed by atoms with van der Waals surface area (Å²) in [6.45, 7) is 2.19. The van der Waals surface area contributed by atoms with Crippen molar-refractivity contribution in [3.63, 3.8) is 0 Å². The van der Waals surface area contributed by atoms with Crippen molar-refractivity contribution in [3.05, 3.63) is 29.6 Å². The second kappa shape index (κ2) is 9.50. The molecule has 0 bridgehead atoms. The SMILES string of the molecule is CCOC(=O)CCNC(=O)c1ncccc1C#CCCO. The fraction of sp³-hybridized carbons (Fsp3) is 0.400. The molecule has 0 spiro atoms. The largest absolute Gasteiger partial charge is 0.466 e. The van der Waals surface area contributed by atoms with E-state index >= 15 is 0 Å². The smallest absolute Gasteiger partial charge is 0.307 e. The van der Waals surface area contributed by atoms with Gasteiger partial charge < -0.3 is 15.2 Å². The Labute approximate surface area is 123 Å². The topological polar surface area (TPSA) is 88.5 Å². The lowest BCUT2D eigenvalue weighted by molar-refractivity contribution is -0.142. The quantitative estimate of drug-likeness (QED) is 0.588. The zero-order valence-electron chi connectivity index (χ0n) is 11.9. The Morgan fingerprint density at radius 3 is 3.00 bits per heavy atom. The number of pyridine rings is 1. The van der Waals surface area contributed by atoms with Gasteiger partial charge in [0.25, 0.3) is 5.91 Å². The molecule has 6 nitrogen and oxygen atoms in total. The number of ether oxygens (including phenoxy) is 1. The van der Waals surface area contributed by atoms with Crippen molar-refractivity contribution >= 4 is 11.9 Å². The molecule has 0 aliphatic rings. The van der Waals surface area contributed by atoms with Gasteiger partial charge >= 0.3 is 5.97 Å². The molecule has 0 aromatic carbocycles. The van der Waals surface area contributed by atoms with Gasteiger partial charge in [-0.3, -0.25) is 9.59 Å². The molecular weight excluding hydrogens is 272 g/mol. The van der Waals surface area contributed by atoms with Crippen LogP contribution < -0.4 is 5.32 Å². The highest BCUT2D eigenvalue weighted by atomic mass is 16.5. The first-order valence-electron chi connectivity index (χ1n) is 6.67. The third kappa shape index (κ3) is 6.06. The summed E-state index contributed by atoms with van der Waals surface area (Å²) in [7, 11) is 0. The lowest BCUT2D eigenvalue weighted by Crippen LogP contribution is -2.28. The van der Waals surface area contributed by atoms with Crippen molar-refractivity contribution in [3.8, 4) is 11.8 Å². The summed E-state index contributed by atoms with van der Waals surface area (Å²) in [6, 6.07) is 3.36. The minimum Gasteiger partial charge on any atom is -0.466 e. The van der Waals surface area contributed by atoms with Crippen LogP contribution in [-0.4, -0.2) is 41.7 Å². The second-order valence-electron chi connectivity index (χ2n) is 3.99. The molecule has 0 saturated heterocycles. The lowest BCUT2D eigenvalue weighted by Gasteiger charge is -2.06. The van der Waals surface area contributed by atoms with Crippen molar-refractivity contribution in [2.75, 3.05) is 19.8 Å². The van der Waals surface area contributed by atoms with Crippen LogP contribution in [0.15, 0.2) is 18.3 Å². The van der Waals surface area contributed by atoms with E-state index in [-0.39, 0.29) is 31.2 Å². The van der Waals surface area contributed by atoms with Gasteiger partial charge in [0.2, 0.25) is 0 Å². The maximum atomic E-state index is 12.0. The highest BCUT2D eigenvalue weighted by Gasteiger charge is 2.11. The molecule has 0 saturated carbocycles. The number of hydrogen-bond acceptors (Lipinski definition) is 5.